The van der Waals surface area contributed by atoms with Crippen molar-refractivity contribution < 1.29 is 9.18 Å². The van der Waals surface area contributed by atoms with Gasteiger partial charge in [0.1, 0.15) is 5.82 Å². The van der Waals surface area contributed by atoms with Crippen LogP contribution in [0.15, 0.2) is 18.2 Å². The van der Waals surface area contributed by atoms with Crippen LogP contribution in [0.2, 0.25) is 5.02 Å². The second-order valence-electron chi connectivity index (χ2n) is 4.02. The Labute approximate surface area is 117 Å². The summed E-state index contributed by atoms with van der Waals surface area (Å²) in [5.74, 6) is -0.817. The summed E-state index contributed by atoms with van der Waals surface area (Å²) < 4.78 is 13.6. The van der Waals surface area contributed by atoms with Gasteiger partial charge in [0.05, 0.1) is 5.56 Å². The van der Waals surface area contributed by atoms with Gasteiger partial charge in [-0.15, -0.1) is 12.4 Å². The van der Waals surface area contributed by atoms with Gasteiger partial charge in [0.2, 0.25) is 0 Å². The number of hydrogen-bond acceptors (Lipinski definition) is 2. The number of nitrogens with one attached hydrogen (secondary N) is 1. The van der Waals surface area contributed by atoms with Crippen LogP contribution in [0.3, 0.4) is 0 Å². The summed E-state index contributed by atoms with van der Waals surface area (Å²) in [6, 6.07) is 4.15. The number of carbonyl (C=O) groups is 1. The van der Waals surface area contributed by atoms with Crippen molar-refractivity contribution in [2.24, 2.45) is 0 Å². The molecule has 0 aromatic heterocycles. The number of carbonyl (C=O) groups excluding carboxylic acids is 1. The summed E-state index contributed by atoms with van der Waals surface area (Å²) in [4.78, 5) is 13.8. The average molecular weight is 293 g/mol. The van der Waals surface area contributed by atoms with Crippen LogP contribution in [0.4, 0.5) is 4.39 Å². The summed E-state index contributed by atoms with van der Waals surface area (Å²) in [7, 11) is 0. The van der Waals surface area contributed by atoms with E-state index in [2.05, 4.69) is 5.32 Å². The molecule has 0 bridgehead atoms. The van der Waals surface area contributed by atoms with Crippen LogP contribution in [-0.4, -0.2) is 37.0 Å². The number of hydrogen-bond donors (Lipinski definition) is 1. The first-order valence-corrected chi connectivity index (χ1v) is 6.01. The Balaban J connectivity index is 0.00000162. The number of benzene rings is 1. The highest BCUT2D eigenvalue weighted by atomic mass is 35.5. The van der Waals surface area contributed by atoms with Crippen molar-refractivity contribution in [2.75, 3.05) is 26.2 Å². The lowest BCUT2D eigenvalue weighted by atomic mass is 10.2. The molecule has 1 fully saturated rings. The highest BCUT2D eigenvalue weighted by molar-refractivity contribution is 6.30. The molecule has 1 amide bonds. The van der Waals surface area contributed by atoms with Gasteiger partial charge in [-0.05, 0) is 31.2 Å². The topological polar surface area (TPSA) is 32.3 Å². The molecule has 0 unspecified atom stereocenters. The maximum Gasteiger partial charge on any atom is 0.256 e. The maximum absolute atomic E-state index is 13.6. The molecule has 0 saturated carbocycles. The van der Waals surface area contributed by atoms with Crippen LogP contribution in [0.5, 0.6) is 0 Å². The number of halogens is 3. The van der Waals surface area contributed by atoms with Gasteiger partial charge in [-0.2, -0.15) is 0 Å². The molecule has 1 heterocycles. The zero-order valence-corrected chi connectivity index (χ0v) is 11.4. The second kappa shape index (κ2) is 6.92. The van der Waals surface area contributed by atoms with E-state index in [1.807, 2.05) is 0 Å². The van der Waals surface area contributed by atoms with Crippen LogP contribution in [0, 0.1) is 5.82 Å². The summed E-state index contributed by atoms with van der Waals surface area (Å²) in [6.45, 7) is 2.92. The highest BCUT2D eigenvalue weighted by Gasteiger charge is 2.20. The van der Waals surface area contributed by atoms with E-state index in [0.717, 1.165) is 19.5 Å². The van der Waals surface area contributed by atoms with E-state index in [1.54, 1.807) is 4.90 Å². The monoisotopic (exact) mass is 292 g/mol. The van der Waals surface area contributed by atoms with E-state index in [1.165, 1.54) is 18.2 Å². The maximum atomic E-state index is 13.6. The molecule has 6 heteroatoms. The van der Waals surface area contributed by atoms with E-state index in [-0.39, 0.29) is 23.9 Å². The largest absolute Gasteiger partial charge is 0.337 e. The minimum absolute atomic E-state index is 0. The Morgan fingerprint density at radius 2 is 2.11 bits per heavy atom. The fourth-order valence-corrected chi connectivity index (χ4v) is 2.04. The first-order valence-electron chi connectivity index (χ1n) is 5.63. The molecule has 1 aromatic rings. The van der Waals surface area contributed by atoms with Crippen molar-refractivity contribution >= 4 is 29.9 Å². The summed E-state index contributed by atoms with van der Waals surface area (Å²) in [6.07, 6.45) is 0.890. The zero-order valence-electron chi connectivity index (χ0n) is 9.79. The van der Waals surface area contributed by atoms with E-state index in [0.29, 0.717) is 18.1 Å². The predicted molar refractivity (Wildman–Crippen MR) is 72.0 cm³/mol. The first kappa shape index (κ1) is 15.2. The Bertz CT molecular complexity index is 421. The van der Waals surface area contributed by atoms with Crippen molar-refractivity contribution in [3.8, 4) is 0 Å². The molecule has 1 aromatic carbocycles. The molecule has 2 rings (SSSR count). The standard InChI is InChI=1S/C12H14ClFN2O.ClH/c13-9-2-3-10(11(14)8-9)12(17)16-6-1-4-15-5-7-16;/h2-3,8,15H,1,4-7H2;1H. The van der Waals surface area contributed by atoms with Gasteiger partial charge in [-0.25, -0.2) is 4.39 Å². The quantitative estimate of drug-likeness (QED) is 0.862. The summed E-state index contributed by atoms with van der Waals surface area (Å²) in [5, 5.41) is 3.50. The molecule has 1 aliphatic heterocycles. The molecule has 3 nitrogen and oxygen atoms in total. The molecule has 18 heavy (non-hydrogen) atoms. The number of amides is 1. The average Bonchev–Trinajstić information content (AvgIpc) is 2.56. The Hall–Kier alpha value is -0.840. The van der Waals surface area contributed by atoms with Crippen LogP contribution >= 0.6 is 24.0 Å². The smallest absolute Gasteiger partial charge is 0.256 e. The van der Waals surface area contributed by atoms with Gasteiger partial charge in [-0.1, -0.05) is 11.6 Å². The van der Waals surface area contributed by atoms with Crippen LogP contribution in [0.25, 0.3) is 0 Å². The SMILES string of the molecule is Cl.O=C(c1ccc(Cl)cc1F)N1CCCNCC1. The molecule has 100 valence electrons. The van der Waals surface area contributed by atoms with Crippen molar-refractivity contribution in [3.63, 3.8) is 0 Å². The Morgan fingerprint density at radius 3 is 2.83 bits per heavy atom. The fourth-order valence-electron chi connectivity index (χ4n) is 1.88. The van der Waals surface area contributed by atoms with E-state index < -0.39 is 5.82 Å². The summed E-state index contributed by atoms with van der Waals surface area (Å²) in [5.41, 5.74) is 0.0938. The van der Waals surface area contributed by atoms with Gasteiger partial charge in [-0.3, -0.25) is 4.79 Å². The molecule has 0 spiro atoms. The zero-order chi connectivity index (χ0) is 12.3. The molecule has 0 aliphatic carbocycles. The predicted octanol–water partition coefficient (Wildman–Crippen LogP) is 2.34. The van der Waals surface area contributed by atoms with Crippen LogP contribution < -0.4 is 5.32 Å². The van der Waals surface area contributed by atoms with Crippen molar-refractivity contribution in [2.45, 2.75) is 6.42 Å². The lowest BCUT2D eigenvalue weighted by Crippen LogP contribution is -2.34. The minimum atomic E-state index is -0.556. The normalized spacial score (nSPS) is 15.8. The number of nitrogens with zero attached hydrogens (tertiary/aromatic N) is 1. The lowest BCUT2D eigenvalue weighted by molar-refractivity contribution is 0.0761. The number of rotatable bonds is 1. The third-order valence-corrected chi connectivity index (χ3v) is 3.02. The molecule has 1 aliphatic rings. The minimum Gasteiger partial charge on any atom is -0.337 e. The van der Waals surface area contributed by atoms with Crippen LogP contribution in [0.1, 0.15) is 16.8 Å². The van der Waals surface area contributed by atoms with E-state index in [9.17, 15) is 9.18 Å². The molecule has 0 radical (unpaired) electrons. The third-order valence-electron chi connectivity index (χ3n) is 2.79. The van der Waals surface area contributed by atoms with Gasteiger partial charge >= 0.3 is 0 Å². The third kappa shape index (κ3) is 3.57. The highest BCUT2D eigenvalue weighted by Crippen LogP contribution is 2.16. The molecular weight excluding hydrogens is 278 g/mol. The molecular formula is C12H15Cl2FN2O. The van der Waals surface area contributed by atoms with Gasteiger partial charge in [0.15, 0.2) is 0 Å². The van der Waals surface area contributed by atoms with Crippen molar-refractivity contribution in [1.29, 1.82) is 0 Å². The molecule has 0 atom stereocenters. The first-order chi connectivity index (χ1) is 8.18. The van der Waals surface area contributed by atoms with E-state index >= 15 is 0 Å². The van der Waals surface area contributed by atoms with E-state index in [4.69, 9.17) is 11.6 Å². The van der Waals surface area contributed by atoms with Crippen molar-refractivity contribution in [1.82, 2.24) is 10.2 Å². The fraction of sp³-hybridized carbons (Fsp3) is 0.417. The molecule has 1 saturated heterocycles. The lowest BCUT2D eigenvalue weighted by Gasteiger charge is -2.20. The Morgan fingerprint density at radius 1 is 1.33 bits per heavy atom. The van der Waals surface area contributed by atoms with Crippen molar-refractivity contribution in [3.05, 3.63) is 34.6 Å². The van der Waals surface area contributed by atoms with Crippen LogP contribution in [-0.2, 0) is 0 Å². The Kier molecular flexibility index (Phi) is 5.85. The van der Waals surface area contributed by atoms with Gasteiger partial charge < -0.3 is 10.2 Å². The summed E-state index contributed by atoms with van der Waals surface area (Å²) >= 11 is 5.66. The van der Waals surface area contributed by atoms with Gasteiger partial charge in [0.25, 0.3) is 5.91 Å². The van der Waals surface area contributed by atoms with Gasteiger partial charge in [0, 0.05) is 24.7 Å². The second-order valence-corrected chi connectivity index (χ2v) is 4.46. The molecule has 1 N–H and O–H groups in total.